The minimum Gasteiger partial charge on any atom is -0.349 e. The van der Waals surface area contributed by atoms with Crippen LogP contribution in [0.15, 0.2) is 18.6 Å². The Morgan fingerprint density at radius 3 is 2.78 bits per heavy atom. The first-order chi connectivity index (χ1) is 8.59. The third-order valence-corrected chi connectivity index (χ3v) is 3.05. The topological polar surface area (TPSA) is 66.4 Å². The Kier molecular flexibility index (Phi) is 3.55. The molecule has 1 saturated heterocycles. The summed E-state index contributed by atoms with van der Waals surface area (Å²) in [5.74, 6) is -0.178. The normalized spacial score (nSPS) is 18.8. The van der Waals surface area contributed by atoms with Crippen molar-refractivity contribution in [3.8, 4) is 0 Å². The van der Waals surface area contributed by atoms with Gasteiger partial charge in [-0.2, -0.15) is 0 Å². The van der Waals surface area contributed by atoms with E-state index in [0.29, 0.717) is 25.2 Å². The highest BCUT2D eigenvalue weighted by atomic mass is 16.2. The van der Waals surface area contributed by atoms with Gasteiger partial charge in [0, 0.05) is 39.6 Å². The first-order valence-corrected chi connectivity index (χ1v) is 5.86. The number of amides is 2. The molecule has 1 atom stereocenters. The molecule has 1 aliphatic heterocycles. The molecule has 2 heterocycles. The number of nitrogens with zero attached hydrogens (tertiary/aromatic N) is 4. The molecule has 1 aliphatic rings. The second kappa shape index (κ2) is 5.12. The van der Waals surface area contributed by atoms with E-state index in [1.807, 2.05) is 0 Å². The van der Waals surface area contributed by atoms with Gasteiger partial charge in [-0.15, -0.1) is 0 Å². The molecule has 6 heteroatoms. The number of carbonyl (C=O) groups excluding carboxylic acids is 2. The summed E-state index contributed by atoms with van der Waals surface area (Å²) in [5, 5.41) is 0. The first kappa shape index (κ1) is 12.5. The third kappa shape index (κ3) is 2.47. The van der Waals surface area contributed by atoms with Gasteiger partial charge in [0.1, 0.15) is 5.69 Å². The standard InChI is InChI=1S/C12H16N4O2/c1-15(2)11(17)9-3-6-16(8-9)12(18)10-7-13-4-5-14-10/h4-5,7,9H,3,6,8H2,1-2H3. The Bertz CT molecular complexity index is 447. The van der Waals surface area contributed by atoms with Gasteiger partial charge in [0.25, 0.3) is 5.91 Å². The molecule has 6 nitrogen and oxygen atoms in total. The molecule has 0 radical (unpaired) electrons. The molecule has 1 unspecified atom stereocenters. The number of aromatic nitrogens is 2. The lowest BCUT2D eigenvalue weighted by atomic mass is 10.1. The average molecular weight is 248 g/mol. The lowest BCUT2D eigenvalue weighted by Crippen LogP contribution is -2.34. The largest absolute Gasteiger partial charge is 0.349 e. The van der Waals surface area contributed by atoms with Crippen molar-refractivity contribution in [2.24, 2.45) is 5.92 Å². The zero-order valence-electron chi connectivity index (χ0n) is 10.5. The van der Waals surface area contributed by atoms with Crippen molar-refractivity contribution in [3.05, 3.63) is 24.3 Å². The van der Waals surface area contributed by atoms with Gasteiger partial charge in [-0.25, -0.2) is 4.98 Å². The summed E-state index contributed by atoms with van der Waals surface area (Å²) in [6, 6.07) is 0. The van der Waals surface area contributed by atoms with E-state index in [9.17, 15) is 9.59 Å². The molecule has 1 fully saturated rings. The fraction of sp³-hybridized carbons (Fsp3) is 0.500. The van der Waals surface area contributed by atoms with Crippen molar-refractivity contribution < 1.29 is 9.59 Å². The molecule has 0 spiro atoms. The van der Waals surface area contributed by atoms with Crippen LogP contribution in [0, 0.1) is 5.92 Å². The molecule has 1 aromatic rings. The molecule has 18 heavy (non-hydrogen) atoms. The number of hydrogen-bond donors (Lipinski definition) is 0. The molecule has 0 bridgehead atoms. The van der Waals surface area contributed by atoms with Gasteiger partial charge in [0.05, 0.1) is 12.1 Å². The van der Waals surface area contributed by atoms with E-state index < -0.39 is 0 Å². The number of carbonyl (C=O) groups is 2. The van der Waals surface area contributed by atoms with Crippen LogP contribution in [0.2, 0.25) is 0 Å². The highest BCUT2D eigenvalue weighted by Gasteiger charge is 2.32. The van der Waals surface area contributed by atoms with E-state index in [4.69, 9.17) is 0 Å². The molecule has 0 aliphatic carbocycles. The molecule has 2 amide bonds. The molecular formula is C12H16N4O2. The zero-order chi connectivity index (χ0) is 13.1. The zero-order valence-corrected chi connectivity index (χ0v) is 10.5. The molecule has 0 saturated carbocycles. The maximum Gasteiger partial charge on any atom is 0.274 e. The lowest BCUT2D eigenvalue weighted by Gasteiger charge is -2.17. The van der Waals surface area contributed by atoms with Crippen LogP contribution >= 0.6 is 0 Å². The quantitative estimate of drug-likeness (QED) is 0.740. The summed E-state index contributed by atoms with van der Waals surface area (Å²) >= 11 is 0. The van der Waals surface area contributed by atoms with Gasteiger partial charge in [-0.3, -0.25) is 14.6 Å². The summed E-state index contributed by atoms with van der Waals surface area (Å²) in [6.45, 7) is 1.06. The average Bonchev–Trinajstić information content (AvgIpc) is 2.87. The van der Waals surface area contributed by atoms with Crippen LogP contribution in [0.3, 0.4) is 0 Å². The Morgan fingerprint density at radius 1 is 1.39 bits per heavy atom. The van der Waals surface area contributed by atoms with Crippen molar-refractivity contribution in [3.63, 3.8) is 0 Å². The number of hydrogen-bond acceptors (Lipinski definition) is 4. The van der Waals surface area contributed by atoms with Crippen molar-refractivity contribution in [1.82, 2.24) is 19.8 Å². The van der Waals surface area contributed by atoms with Crippen LogP contribution in [0.5, 0.6) is 0 Å². The van der Waals surface area contributed by atoms with Crippen molar-refractivity contribution in [1.29, 1.82) is 0 Å². The monoisotopic (exact) mass is 248 g/mol. The van der Waals surface area contributed by atoms with Gasteiger partial charge >= 0.3 is 0 Å². The highest BCUT2D eigenvalue weighted by molar-refractivity contribution is 5.92. The number of rotatable bonds is 2. The Hall–Kier alpha value is -1.98. The van der Waals surface area contributed by atoms with Gasteiger partial charge in [0.15, 0.2) is 0 Å². The summed E-state index contributed by atoms with van der Waals surface area (Å²) in [5.41, 5.74) is 0.329. The van der Waals surface area contributed by atoms with Crippen molar-refractivity contribution in [2.75, 3.05) is 27.2 Å². The third-order valence-electron chi connectivity index (χ3n) is 3.05. The van der Waals surface area contributed by atoms with E-state index >= 15 is 0 Å². The van der Waals surface area contributed by atoms with Crippen LogP contribution in [-0.2, 0) is 4.79 Å². The van der Waals surface area contributed by atoms with Crippen molar-refractivity contribution in [2.45, 2.75) is 6.42 Å². The first-order valence-electron chi connectivity index (χ1n) is 5.86. The van der Waals surface area contributed by atoms with Gasteiger partial charge in [-0.1, -0.05) is 0 Å². The van der Waals surface area contributed by atoms with E-state index in [0.717, 1.165) is 0 Å². The molecule has 2 rings (SSSR count). The summed E-state index contributed by atoms with van der Waals surface area (Å²) in [7, 11) is 3.46. The van der Waals surface area contributed by atoms with Gasteiger partial charge in [-0.05, 0) is 6.42 Å². The highest BCUT2D eigenvalue weighted by Crippen LogP contribution is 2.19. The molecule has 0 N–H and O–H groups in total. The van der Waals surface area contributed by atoms with Gasteiger partial charge < -0.3 is 9.80 Å². The molecular weight excluding hydrogens is 232 g/mol. The summed E-state index contributed by atoms with van der Waals surface area (Å²) < 4.78 is 0. The fourth-order valence-electron chi connectivity index (χ4n) is 2.08. The Morgan fingerprint density at radius 2 is 2.17 bits per heavy atom. The summed E-state index contributed by atoms with van der Waals surface area (Å²) in [4.78, 5) is 35.0. The Balaban J connectivity index is 2.01. The van der Waals surface area contributed by atoms with Crippen LogP contribution in [0.4, 0.5) is 0 Å². The van der Waals surface area contributed by atoms with Crippen LogP contribution in [0.1, 0.15) is 16.9 Å². The predicted octanol–water partition coefficient (Wildman–Crippen LogP) is 0.0269. The van der Waals surface area contributed by atoms with Crippen molar-refractivity contribution >= 4 is 11.8 Å². The fourth-order valence-corrected chi connectivity index (χ4v) is 2.08. The van der Waals surface area contributed by atoms with E-state index in [-0.39, 0.29) is 17.7 Å². The second-order valence-corrected chi connectivity index (χ2v) is 4.56. The molecule has 0 aromatic carbocycles. The maximum atomic E-state index is 12.1. The second-order valence-electron chi connectivity index (χ2n) is 4.56. The minimum atomic E-state index is -0.155. The van der Waals surface area contributed by atoms with E-state index in [1.54, 1.807) is 23.9 Å². The Labute approximate surface area is 106 Å². The van der Waals surface area contributed by atoms with Crippen LogP contribution in [-0.4, -0.2) is 58.8 Å². The number of likely N-dealkylation sites (tertiary alicyclic amines) is 1. The van der Waals surface area contributed by atoms with Crippen LogP contribution < -0.4 is 0 Å². The molecule has 96 valence electrons. The van der Waals surface area contributed by atoms with Crippen LogP contribution in [0.25, 0.3) is 0 Å². The van der Waals surface area contributed by atoms with Gasteiger partial charge in [0.2, 0.25) is 5.91 Å². The van der Waals surface area contributed by atoms with E-state index in [1.165, 1.54) is 18.6 Å². The van der Waals surface area contributed by atoms with E-state index in [2.05, 4.69) is 9.97 Å². The minimum absolute atomic E-state index is 0.0736. The predicted molar refractivity (Wildman–Crippen MR) is 64.7 cm³/mol. The smallest absolute Gasteiger partial charge is 0.274 e. The summed E-state index contributed by atoms with van der Waals surface area (Å²) in [6.07, 6.45) is 5.18. The maximum absolute atomic E-state index is 12.1. The SMILES string of the molecule is CN(C)C(=O)C1CCN(C(=O)c2cnccn2)C1. The molecule has 1 aromatic heterocycles. The lowest BCUT2D eigenvalue weighted by molar-refractivity contribution is -0.132.